The van der Waals surface area contributed by atoms with Crippen LogP contribution in [0, 0.1) is 0 Å². The van der Waals surface area contributed by atoms with E-state index in [9.17, 15) is 0 Å². The van der Waals surface area contributed by atoms with Gasteiger partial charge < -0.3 is 0 Å². The lowest BCUT2D eigenvalue weighted by Gasteiger charge is -2.22. The van der Waals surface area contributed by atoms with Crippen molar-refractivity contribution in [2.75, 3.05) is 0 Å². The van der Waals surface area contributed by atoms with Gasteiger partial charge in [-0.15, -0.1) is 5.10 Å². The normalized spacial score (nSPS) is 13.1. The molecule has 2 nitrogen and oxygen atoms in total. The third-order valence-corrected chi connectivity index (χ3v) is 5.56. The molecule has 29 heavy (non-hydrogen) atoms. The Morgan fingerprint density at radius 2 is 1.31 bits per heavy atom. The molecule has 146 valence electrons. The zero-order valence-corrected chi connectivity index (χ0v) is 17.9. The predicted octanol–water partition coefficient (Wildman–Crippen LogP) is 6.96. The van der Waals surface area contributed by atoms with Crippen LogP contribution in [0.4, 0.5) is 0 Å². The van der Waals surface area contributed by atoms with Crippen LogP contribution < -0.4 is 0 Å². The molecule has 3 aromatic carbocycles. The first kappa shape index (κ1) is 19.3. The summed E-state index contributed by atoms with van der Waals surface area (Å²) in [6, 6.07) is 23.6. The van der Waals surface area contributed by atoms with Crippen LogP contribution in [0.5, 0.6) is 0 Å². The van der Waals surface area contributed by atoms with Gasteiger partial charge in [0, 0.05) is 11.1 Å². The highest BCUT2D eigenvalue weighted by Gasteiger charge is 2.24. The van der Waals surface area contributed by atoms with Crippen molar-refractivity contribution in [3.63, 3.8) is 0 Å². The minimum absolute atomic E-state index is 0.0521. The molecule has 0 saturated carbocycles. The van der Waals surface area contributed by atoms with Crippen LogP contribution in [-0.4, -0.2) is 11.9 Å². The summed E-state index contributed by atoms with van der Waals surface area (Å²) >= 11 is 0. The van der Waals surface area contributed by atoms with Crippen LogP contribution in [0.1, 0.15) is 68.4 Å². The van der Waals surface area contributed by atoms with Crippen LogP contribution in [-0.2, 0) is 5.41 Å². The molecule has 0 spiro atoms. The molecule has 0 atom stereocenters. The Morgan fingerprint density at radius 3 is 1.83 bits per heavy atom. The van der Waals surface area contributed by atoms with Gasteiger partial charge in [-0.2, -0.15) is 5.10 Å². The summed E-state index contributed by atoms with van der Waals surface area (Å²) in [5, 5.41) is 9.24. The first-order valence-electron chi connectivity index (χ1n) is 10.3. The van der Waals surface area contributed by atoms with Crippen molar-refractivity contribution in [3.8, 4) is 11.1 Å². The smallest absolute Gasteiger partial charge is 0.101 e. The number of rotatable bonds is 3. The standard InChI is InChI=1S/C27H28N2/c1-18(2)19-14-15-25(27(3,4)5)20(16-19)17-28-29-26-23-12-8-6-10-21(23)22-11-7-9-13-24(22)26/h6-18H,1-5H3/b28-17+. The van der Waals surface area contributed by atoms with Gasteiger partial charge in [-0.1, -0.05) is 95.3 Å². The summed E-state index contributed by atoms with van der Waals surface area (Å²) in [7, 11) is 0. The second-order valence-corrected chi connectivity index (χ2v) is 9.04. The van der Waals surface area contributed by atoms with Crippen molar-refractivity contribution >= 4 is 11.9 Å². The fourth-order valence-electron chi connectivity index (χ4n) is 3.98. The molecule has 0 aromatic heterocycles. The number of nitrogens with zero attached hydrogens (tertiary/aromatic N) is 2. The molecule has 0 unspecified atom stereocenters. The SMILES string of the molecule is CC(C)c1ccc(C(C)(C)C)c(/C=N/N=C2c3ccccc3-c3ccccc32)c1. The van der Waals surface area contributed by atoms with E-state index in [1.54, 1.807) is 0 Å². The van der Waals surface area contributed by atoms with Gasteiger partial charge in [-0.25, -0.2) is 0 Å². The molecule has 1 aliphatic rings. The minimum atomic E-state index is 0.0521. The lowest BCUT2D eigenvalue weighted by Crippen LogP contribution is -2.14. The van der Waals surface area contributed by atoms with Crippen molar-refractivity contribution < 1.29 is 0 Å². The van der Waals surface area contributed by atoms with E-state index in [2.05, 4.69) is 112 Å². The quantitative estimate of drug-likeness (QED) is 0.271. The first-order chi connectivity index (χ1) is 13.9. The van der Waals surface area contributed by atoms with Gasteiger partial charge in [-0.3, -0.25) is 0 Å². The lowest BCUT2D eigenvalue weighted by molar-refractivity contribution is 0.589. The minimum Gasteiger partial charge on any atom is -0.158 e. The van der Waals surface area contributed by atoms with E-state index < -0.39 is 0 Å². The molecule has 2 heteroatoms. The first-order valence-corrected chi connectivity index (χ1v) is 10.3. The largest absolute Gasteiger partial charge is 0.158 e. The Hall–Kier alpha value is -3.00. The van der Waals surface area contributed by atoms with Gasteiger partial charge in [0.15, 0.2) is 0 Å². The predicted molar refractivity (Wildman–Crippen MR) is 124 cm³/mol. The van der Waals surface area contributed by atoms with E-state index in [0.717, 1.165) is 22.4 Å². The summed E-state index contributed by atoms with van der Waals surface area (Å²) < 4.78 is 0. The Bertz CT molecular complexity index is 1060. The number of hydrogen-bond acceptors (Lipinski definition) is 2. The molecular weight excluding hydrogens is 352 g/mol. The molecule has 0 radical (unpaired) electrons. The van der Waals surface area contributed by atoms with Crippen LogP contribution in [0.25, 0.3) is 11.1 Å². The van der Waals surface area contributed by atoms with E-state index in [4.69, 9.17) is 0 Å². The molecule has 0 fully saturated rings. The second-order valence-electron chi connectivity index (χ2n) is 9.04. The van der Waals surface area contributed by atoms with Crippen LogP contribution >= 0.6 is 0 Å². The highest BCUT2D eigenvalue weighted by Crippen LogP contribution is 2.36. The number of fused-ring (bicyclic) bond motifs is 3. The monoisotopic (exact) mass is 380 g/mol. The molecule has 0 N–H and O–H groups in total. The zero-order chi connectivity index (χ0) is 20.6. The lowest BCUT2D eigenvalue weighted by atomic mass is 9.82. The van der Waals surface area contributed by atoms with Crippen LogP contribution in [0.15, 0.2) is 76.9 Å². The second kappa shape index (κ2) is 7.44. The zero-order valence-electron chi connectivity index (χ0n) is 17.9. The van der Waals surface area contributed by atoms with Crippen molar-refractivity contribution in [2.24, 2.45) is 10.2 Å². The molecule has 0 aliphatic heterocycles. The Balaban J connectivity index is 1.78. The van der Waals surface area contributed by atoms with Crippen LogP contribution in [0.2, 0.25) is 0 Å². The van der Waals surface area contributed by atoms with Gasteiger partial charge in [0.1, 0.15) is 5.71 Å². The average Bonchev–Trinajstić information content (AvgIpc) is 3.01. The van der Waals surface area contributed by atoms with Crippen molar-refractivity contribution in [1.29, 1.82) is 0 Å². The van der Waals surface area contributed by atoms with E-state index in [-0.39, 0.29) is 5.41 Å². The molecule has 0 saturated heterocycles. The Kier molecular flexibility index (Phi) is 4.96. The molecular formula is C27H28N2. The summed E-state index contributed by atoms with van der Waals surface area (Å²) in [5.41, 5.74) is 9.52. The molecule has 4 rings (SSSR count). The summed E-state index contributed by atoms with van der Waals surface area (Å²) in [5.74, 6) is 0.482. The number of hydrogen-bond donors (Lipinski definition) is 0. The van der Waals surface area contributed by atoms with Gasteiger partial charge in [0.2, 0.25) is 0 Å². The highest BCUT2D eigenvalue weighted by molar-refractivity contribution is 6.24. The fourth-order valence-corrected chi connectivity index (χ4v) is 3.98. The molecule has 0 bridgehead atoms. The van der Waals surface area contributed by atoms with Crippen molar-refractivity contribution in [2.45, 2.75) is 46.0 Å². The van der Waals surface area contributed by atoms with Crippen molar-refractivity contribution in [1.82, 2.24) is 0 Å². The summed E-state index contributed by atoms with van der Waals surface area (Å²) in [4.78, 5) is 0. The van der Waals surface area contributed by atoms with Gasteiger partial charge in [-0.05, 0) is 45.2 Å². The summed E-state index contributed by atoms with van der Waals surface area (Å²) in [6.45, 7) is 11.2. The van der Waals surface area contributed by atoms with Crippen LogP contribution in [0.3, 0.4) is 0 Å². The molecule has 0 heterocycles. The van der Waals surface area contributed by atoms with Gasteiger partial charge >= 0.3 is 0 Å². The third-order valence-electron chi connectivity index (χ3n) is 5.56. The Labute approximate surface area is 174 Å². The third kappa shape index (κ3) is 3.67. The maximum Gasteiger partial charge on any atom is 0.101 e. The van der Waals surface area contributed by atoms with Crippen molar-refractivity contribution in [3.05, 3.63) is 94.5 Å². The van der Waals surface area contributed by atoms with Gasteiger partial charge in [0.25, 0.3) is 0 Å². The maximum atomic E-state index is 4.68. The van der Waals surface area contributed by atoms with Gasteiger partial charge in [0.05, 0.1) is 6.21 Å². The van der Waals surface area contributed by atoms with E-state index in [1.807, 2.05) is 6.21 Å². The maximum absolute atomic E-state index is 4.68. The summed E-state index contributed by atoms with van der Waals surface area (Å²) in [6.07, 6.45) is 1.92. The van der Waals surface area contributed by atoms with E-state index in [0.29, 0.717) is 5.92 Å². The molecule has 3 aromatic rings. The number of benzene rings is 3. The van der Waals surface area contributed by atoms with E-state index >= 15 is 0 Å². The Morgan fingerprint density at radius 1 is 0.759 bits per heavy atom. The molecule has 1 aliphatic carbocycles. The highest BCUT2D eigenvalue weighted by atomic mass is 15.2. The molecule has 0 amide bonds. The van der Waals surface area contributed by atoms with E-state index in [1.165, 1.54) is 22.3 Å². The topological polar surface area (TPSA) is 24.7 Å². The fraction of sp³-hybridized carbons (Fsp3) is 0.259. The average molecular weight is 381 g/mol.